The van der Waals surface area contributed by atoms with Crippen LogP contribution >= 0.6 is 11.8 Å². The Morgan fingerprint density at radius 2 is 2.05 bits per heavy atom. The zero-order valence-corrected chi connectivity index (χ0v) is 13.5. The van der Waals surface area contributed by atoms with Crippen LogP contribution in [0.1, 0.15) is 41.0 Å². The van der Waals surface area contributed by atoms with Gasteiger partial charge < -0.3 is 10.2 Å². The highest BCUT2D eigenvalue weighted by molar-refractivity contribution is 7.99. The molecule has 1 heterocycles. The minimum absolute atomic E-state index is 0.0221. The van der Waals surface area contributed by atoms with Crippen LogP contribution in [0.4, 0.5) is 0 Å². The highest BCUT2D eigenvalue weighted by Gasteiger charge is 2.39. The van der Waals surface area contributed by atoms with Gasteiger partial charge in [-0.05, 0) is 18.1 Å². The number of hydrogen-bond donors (Lipinski definition) is 1. The summed E-state index contributed by atoms with van der Waals surface area (Å²) >= 11 is 1.83. The second-order valence-corrected chi connectivity index (χ2v) is 7.48. The molecule has 110 valence electrons. The molecular formula is C14H26N2O2S. The Kier molecular flexibility index (Phi) is 5.71. The third-order valence-corrected chi connectivity index (χ3v) is 4.50. The van der Waals surface area contributed by atoms with E-state index >= 15 is 0 Å². The number of carbonyl (C=O) groups excluding carboxylic acids is 2. The monoisotopic (exact) mass is 286 g/mol. The van der Waals surface area contributed by atoms with E-state index in [1.54, 1.807) is 0 Å². The van der Waals surface area contributed by atoms with Crippen LogP contribution in [-0.2, 0) is 9.59 Å². The molecule has 2 unspecified atom stereocenters. The van der Waals surface area contributed by atoms with Gasteiger partial charge in [-0.2, -0.15) is 11.8 Å². The van der Waals surface area contributed by atoms with Crippen molar-refractivity contribution in [3.63, 3.8) is 0 Å². The summed E-state index contributed by atoms with van der Waals surface area (Å²) in [4.78, 5) is 26.3. The van der Waals surface area contributed by atoms with Crippen LogP contribution in [-0.4, -0.2) is 46.8 Å². The van der Waals surface area contributed by atoms with Crippen LogP contribution in [0.3, 0.4) is 0 Å². The van der Waals surface area contributed by atoms with Crippen molar-refractivity contribution in [3.05, 3.63) is 0 Å². The summed E-state index contributed by atoms with van der Waals surface area (Å²) in [5.41, 5.74) is -0.257. The molecule has 19 heavy (non-hydrogen) atoms. The summed E-state index contributed by atoms with van der Waals surface area (Å²) in [7, 11) is 0. The Morgan fingerprint density at radius 3 is 2.58 bits per heavy atom. The first-order chi connectivity index (χ1) is 8.77. The van der Waals surface area contributed by atoms with Crippen molar-refractivity contribution in [1.29, 1.82) is 0 Å². The van der Waals surface area contributed by atoms with Crippen molar-refractivity contribution in [2.24, 2.45) is 5.41 Å². The molecule has 2 amide bonds. The molecule has 0 bridgehead atoms. The molecular weight excluding hydrogens is 260 g/mol. The molecule has 1 rings (SSSR count). The number of amides is 2. The lowest BCUT2D eigenvalue weighted by molar-refractivity contribution is -0.137. The van der Waals surface area contributed by atoms with Crippen molar-refractivity contribution >= 4 is 23.6 Å². The van der Waals surface area contributed by atoms with E-state index in [4.69, 9.17) is 0 Å². The van der Waals surface area contributed by atoms with Crippen molar-refractivity contribution in [3.8, 4) is 0 Å². The summed E-state index contributed by atoms with van der Waals surface area (Å²) < 4.78 is 0. The van der Waals surface area contributed by atoms with Gasteiger partial charge in [0.15, 0.2) is 0 Å². The molecule has 0 radical (unpaired) electrons. The van der Waals surface area contributed by atoms with Crippen LogP contribution in [0.5, 0.6) is 0 Å². The second kappa shape index (κ2) is 6.64. The van der Waals surface area contributed by atoms with E-state index < -0.39 is 6.04 Å². The van der Waals surface area contributed by atoms with Crippen LogP contribution in [0.2, 0.25) is 0 Å². The first-order valence-electron chi connectivity index (χ1n) is 6.95. The van der Waals surface area contributed by atoms with E-state index in [9.17, 15) is 9.59 Å². The molecule has 0 spiro atoms. The largest absolute Gasteiger partial charge is 0.344 e. The highest BCUT2D eigenvalue weighted by atomic mass is 32.2. The third-order valence-electron chi connectivity index (χ3n) is 3.38. The first kappa shape index (κ1) is 16.3. The fourth-order valence-electron chi connectivity index (χ4n) is 2.20. The molecule has 0 aromatic rings. The predicted octanol–water partition coefficient (Wildman–Crippen LogP) is 1.89. The summed E-state index contributed by atoms with van der Waals surface area (Å²) in [6.07, 6.45) is 0.402. The summed E-state index contributed by atoms with van der Waals surface area (Å²) in [5, 5.41) is 2.87. The van der Waals surface area contributed by atoms with Crippen LogP contribution in [0.15, 0.2) is 0 Å². The summed E-state index contributed by atoms with van der Waals surface area (Å²) in [6, 6.07) is -0.244. The smallest absolute Gasteiger partial charge is 0.245 e. The number of nitrogens with zero attached hydrogens (tertiary/aromatic N) is 1. The zero-order chi connectivity index (χ0) is 14.6. The van der Waals surface area contributed by atoms with E-state index in [-0.39, 0.29) is 23.3 Å². The number of nitrogens with one attached hydrogen (secondary N) is 1. The van der Waals surface area contributed by atoms with E-state index in [1.807, 2.05) is 37.4 Å². The van der Waals surface area contributed by atoms with Gasteiger partial charge in [0.05, 0.1) is 0 Å². The lowest BCUT2D eigenvalue weighted by Gasteiger charge is -2.35. The van der Waals surface area contributed by atoms with Gasteiger partial charge in [0.1, 0.15) is 6.04 Å². The molecule has 1 N–H and O–H groups in total. The van der Waals surface area contributed by atoms with Crippen LogP contribution in [0.25, 0.3) is 0 Å². The van der Waals surface area contributed by atoms with Gasteiger partial charge in [-0.1, -0.05) is 27.7 Å². The van der Waals surface area contributed by atoms with Gasteiger partial charge in [0.2, 0.25) is 11.8 Å². The standard InChI is InChI=1S/C14H26N2O2S/c1-6-19-9-10(2)16-8-7-11(17)15-12(13(16)18)14(3,4)5/h10,12H,6-9H2,1-5H3,(H,15,17). The zero-order valence-electron chi connectivity index (χ0n) is 12.7. The van der Waals surface area contributed by atoms with Gasteiger partial charge >= 0.3 is 0 Å². The fourth-order valence-corrected chi connectivity index (χ4v) is 2.95. The first-order valence-corrected chi connectivity index (χ1v) is 8.10. The van der Waals surface area contributed by atoms with Crippen molar-refractivity contribution in [2.45, 2.75) is 53.1 Å². The molecule has 4 nitrogen and oxygen atoms in total. The molecule has 1 fully saturated rings. The predicted molar refractivity (Wildman–Crippen MR) is 80.2 cm³/mol. The number of rotatable bonds is 4. The topological polar surface area (TPSA) is 49.4 Å². The average molecular weight is 286 g/mol. The van der Waals surface area contributed by atoms with Gasteiger partial charge in [-0.25, -0.2) is 0 Å². The minimum atomic E-state index is -0.420. The number of hydrogen-bond acceptors (Lipinski definition) is 3. The average Bonchev–Trinajstić information content (AvgIpc) is 2.45. The molecule has 1 saturated heterocycles. The summed E-state index contributed by atoms with van der Waals surface area (Å²) in [5.74, 6) is 2.01. The van der Waals surface area contributed by atoms with Crippen molar-refractivity contribution < 1.29 is 9.59 Å². The molecule has 0 aromatic heterocycles. The fraction of sp³-hybridized carbons (Fsp3) is 0.857. The molecule has 0 aliphatic carbocycles. The van der Waals surface area contributed by atoms with Gasteiger partial charge in [-0.3, -0.25) is 9.59 Å². The lowest BCUT2D eigenvalue weighted by Crippen LogP contribution is -2.54. The molecule has 1 aliphatic heterocycles. The van der Waals surface area contributed by atoms with E-state index in [0.717, 1.165) is 11.5 Å². The maximum atomic E-state index is 12.6. The Morgan fingerprint density at radius 1 is 1.42 bits per heavy atom. The maximum Gasteiger partial charge on any atom is 0.245 e. The van der Waals surface area contributed by atoms with E-state index in [2.05, 4.69) is 19.2 Å². The Labute approximate surface area is 120 Å². The maximum absolute atomic E-state index is 12.6. The lowest BCUT2D eigenvalue weighted by atomic mass is 9.86. The molecule has 5 heteroatoms. The Balaban J connectivity index is 2.86. The normalized spacial score (nSPS) is 23.0. The molecule has 0 saturated carbocycles. The molecule has 2 atom stereocenters. The quantitative estimate of drug-likeness (QED) is 0.858. The van der Waals surface area contributed by atoms with E-state index in [1.165, 1.54) is 0 Å². The van der Waals surface area contributed by atoms with E-state index in [0.29, 0.717) is 13.0 Å². The van der Waals surface area contributed by atoms with Crippen LogP contribution in [0, 0.1) is 5.41 Å². The van der Waals surface area contributed by atoms with Crippen LogP contribution < -0.4 is 5.32 Å². The van der Waals surface area contributed by atoms with Crippen molar-refractivity contribution in [2.75, 3.05) is 18.1 Å². The second-order valence-electron chi connectivity index (χ2n) is 6.16. The number of carbonyl (C=O) groups is 2. The molecule has 1 aliphatic rings. The Bertz CT molecular complexity index is 339. The minimum Gasteiger partial charge on any atom is -0.344 e. The van der Waals surface area contributed by atoms with Gasteiger partial charge in [0.25, 0.3) is 0 Å². The molecule has 0 aromatic carbocycles. The summed E-state index contributed by atoms with van der Waals surface area (Å²) in [6.45, 7) is 10.7. The van der Waals surface area contributed by atoms with Crippen molar-refractivity contribution in [1.82, 2.24) is 10.2 Å². The van der Waals surface area contributed by atoms with Gasteiger partial charge in [-0.15, -0.1) is 0 Å². The third kappa shape index (κ3) is 4.41. The SMILES string of the molecule is CCSCC(C)N1CCC(=O)NC(C(C)(C)C)C1=O. The highest BCUT2D eigenvalue weighted by Crippen LogP contribution is 2.24. The van der Waals surface area contributed by atoms with Gasteiger partial charge in [0, 0.05) is 24.8 Å². The Hall–Kier alpha value is -0.710. The number of thioether (sulfide) groups is 1.